The first-order valence-corrected chi connectivity index (χ1v) is 4.42. The molecule has 0 aliphatic carbocycles. The number of nitrogen functional groups attached to an aromatic ring is 1. The average molecular weight is 171 g/mol. The van der Waals surface area contributed by atoms with Crippen molar-refractivity contribution in [2.24, 2.45) is 0 Å². The van der Waals surface area contributed by atoms with E-state index in [0.29, 0.717) is 5.75 Å². The molecule has 0 saturated carbocycles. The highest BCUT2D eigenvalue weighted by molar-refractivity contribution is 7.39. The van der Waals surface area contributed by atoms with E-state index in [2.05, 4.69) is 0 Å². The molecule has 0 bridgehead atoms. The Morgan fingerprint density at radius 3 is 3.00 bits per heavy atom. The Bertz CT molecular complexity index is 363. The summed E-state index contributed by atoms with van der Waals surface area (Å²) in [4.78, 5) is 0. The van der Waals surface area contributed by atoms with Gasteiger partial charge in [-0.2, -0.15) is 0 Å². The van der Waals surface area contributed by atoms with Gasteiger partial charge in [-0.05, 0) is 6.07 Å². The fourth-order valence-corrected chi connectivity index (χ4v) is 2.76. The maximum Gasteiger partial charge on any atom is 0.135 e. The van der Waals surface area contributed by atoms with Crippen molar-refractivity contribution in [3.63, 3.8) is 0 Å². The zero-order valence-corrected chi connectivity index (χ0v) is 6.63. The first-order valence-electron chi connectivity index (χ1n) is 2.73. The van der Waals surface area contributed by atoms with Crippen LogP contribution in [0, 0.1) is 0 Å². The number of hydrogen-bond acceptors (Lipinski definition) is 4. The summed E-state index contributed by atoms with van der Waals surface area (Å²) in [7, 11) is 0. The molecule has 0 amide bonds. The number of aromatic hydroxyl groups is 1. The molecule has 0 spiro atoms. The Labute approximate surface area is 65.5 Å². The number of nitrogens with two attached hydrogens (primary N) is 1. The highest BCUT2D eigenvalue weighted by Crippen LogP contribution is 2.38. The van der Waals surface area contributed by atoms with Gasteiger partial charge in [-0.1, -0.05) is 0 Å². The Morgan fingerprint density at radius 2 is 2.30 bits per heavy atom. The van der Waals surface area contributed by atoms with Gasteiger partial charge >= 0.3 is 0 Å². The van der Waals surface area contributed by atoms with Crippen LogP contribution in [0.3, 0.4) is 0 Å². The molecule has 2 nitrogen and oxygen atoms in total. The number of rotatable bonds is 0. The molecular weight excluding hydrogens is 166 g/mol. The molecule has 10 heavy (non-hydrogen) atoms. The average Bonchev–Trinajstić information content (AvgIpc) is 2.35. The lowest BCUT2D eigenvalue weighted by molar-refractivity contribution is 0.484. The van der Waals surface area contributed by atoms with E-state index in [4.69, 9.17) is 5.73 Å². The third kappa shape index (κ3) is 0.693. The van der Waals surface area contributed by atoms with Crippen LogP contribution in [-0.2, 0) is 0 Å². The van der Waals surface area contributed by atoms with E-state index in [0.717, 1.165) is 14.4 Å². The van der Waals surface area contributed by atoms with E-state index in [9.17, 15) is 5.11 Å². The van der Waals surface area contributed by atoms with E-state index >= 15 is 0 Å². The summed E-state index contributed by atoms with van der Waals surface area (Å²) in [5.41, 5.74) is 5.52. The van der Waals surface area contributed by atoms with E-state index in [1.54, 1.807) is 11.4 Å². The minimum absolute atomic E-state index is 0.341. The van der Waals surface area contributed by atoms with E-state index in [1.165, 1.54) is 22.7 Å². The topological polar surface area (TPSA) is 46.2 Å². The Hall–Kier alpha value is -0.740. The second kappa shape index (κ2) is 1.87. The Kier molecular flexibility index (Phi) is 1.12. The van der Waals surface area contributed by atoms with E-state index in [-0.39, 0.29) is 0 Å². The third-order valence-electron chi connectivity index (χ3n) is 1.27. The monoisotopic (exact) mass is 171 g/mol. The summed E-state index contributed by atoms with van der Waals surface area (Å²) in [5, 5.41) is 12.6. The van der Waals surface area contributed by atoms with Crippen molar-refractivity contribution in [3.8, 4) is 5.75 Å². The Balaban J connectivity index is 2.90. The summed E-state index contributed by atoms with van der Waals surface area (Å²) in [6, 6.07) is 1.80. The molecule has 4 heteroatoms. The second-order valence-corrected chi connectivity index (χ2v) is 4.19. The Morgan fingerprint density at radius 1 is 1.50 bits per heavy atom. The van der Waals surface area contributed by atoms with Gasteiger partial charge in [-0.25, -0.2) is 0 Å². The van der Waals surface area contributed by atoms with Crippen molar-refractivity contribution in [3.05, 3.63) is 11.4 Å². The molecule has 2 aromatic heterocycles. The molecule has 52 valence electrons. The fourth-order valence-electron chi connectivity index (χ4n) is 0.832. The smallest absolute Gasteiger partial charge is 0.135 e. The molecule has 2 rings (SSSR count). The van der Waals surface area contributed by atoms with Crippen molar-refractivity contribution >= 4 is 37.1 Å². The molecule has 0 aromatic carbocycles. The van der Waals surface area contributed by atoms with Crippen molar-refractivity contribution in [2.45, 2.75) is 0 Å². The SMILES string of the molecule is Nc1cc2c(O)csc2s1. The molecule has 0 aliphatic rings. The van der Waals surface area contributed by atoms with Gasteiger partial charge in [0.1, 0.15) is 5.75 Å². The van der Waals surface area contributed by atoms with Crippen LogP contribution in [0.25, 0.3) is 9.40 Å². The first-order chi connectivity index (χ1) is 4.77. The van der Waals surface area contributed by atoms with E-state index < -0.39 is 0 Å². The van der Waals surface area contributed by atoms with Crippen LogP contribution in [0.5, 0.6) is 5.75 Å². The zero-order chi connectivity index (χ0) is 7.14. The summed E-state index contributed by atoms with van der Waals surface area (Å²) < 4.78 is 1.09. The van der Waals surface area contributed by atoms with Gasteiger partial charge in [0.05, 0.1) is 9.01 Å². The number of anilines is 1. The van der Waals surface area contributed by atoms with Crippen LogP contribution in [0.4, 0.5) is 5.00 Å². The van der Waals surface area contributed by atoms with Crippen LogP contribution in [0.15, 0.2) is 11.4 Å². The zero-order valence-electron chi connectivity index (χ0n) is 5.00. The number of thiophene rings is 2. The second-order valence-electron chi connectivity index (χ2n) is 1.97. The molecule has 2 heterocycles. The summed E-state index contributed by atoms with van der Waals surface area (Å²) in [5.74, 6) is 0.341. The van der Waals surface area contributed by atoms with Crippen LogP contribution in [-0.4, -0.2) is 5.11 Å². The van der Waals surface area contributed by atoms with Crippen LogP contribution >= 0.6 is 22.7 Å². The van der Waals surface area contributed by atoms with Gasteiger partial charge in [0.15, 0.2) is 0 Å². The van der Waals surface area contributed by atoms with Crippen molar-refractivity contribution in [2.75, 3.05) is 5.73 Å². The fraction of sp³-hybridized carbons (Fsp3) is 0. The predicted molar refractivity (Wildman–Crippen MR) is 45.8 cm³/mol. The molecule has 0 aliphatic heterocycles. The van der Waals surface area contributed by atoms with Gasteiger partial charge in [0.2, 0.25) is 0 Å². The van der Waals surface area contributed by atoms with Crippen LogP contribution in [0.1, 0.15) is 0 Å². The van der Waals surface area contributed by atoms with Crippen molar-refractivity contribution in [1.29, 1.82) is 0 Å². The van der Waals surface area contributed by atoms with Crippen LogP contribution in [0.2, 0.25) is 0 Å². The van der Waals surface area contributed by atoms with Gasteiger partial charge in [-0.3, -0.25) is 0 Å². The summed E-state index contributed by atoms with van der Waals surface area (Å²) in [6.45, 7) is 0. The van der Waals surface area contributed by atoms with Gasteiger partial charge in [0.25, 0.3) is 0 Å². The molecule has 0 unspecified atom stereocenters. The van der Waals surface area contributed by atoms with Gasteiger partial charge in [0, 0.05) is 10.8 Å². The maximum atomic E-state index is 9.19. The standard InChI is InChI=1S/C6H5NOS2/c7-5-1-3-4(8)2-9-6(3)10-5/h1-2,8H,7H2. The summed E-state index contributed by atoms with van der Waals surface area (Å²) >= 11 is 3.03. The lowest BCUT2D eigenvalue weighted by Crippen LogP contribution is -1.72. The lowest BCUT2D eigenvalue weighted by atomic mass is 10.4. The normalized spacial score (nSPS) is 10.8. The minimum atomic E-state index is 0.341. The maximum absolute atomic E-state index is 9.19. The van der Waals surface area contributed by atoms with Crippen molar-refractivity contribution in [1.82, 2.24) is 0 Å². The predicted octanol–water partition coefficient (Wildman–Crippen LogP) is 2.25. The molecule has 0 fully saturated rings. The van der Waals surface area contributed by atoms with Crippen LogP contribution < -0.4 is 5.73 Å². The van der Waals surface area contributed by atoms with Gasteiger partial charge < -0.3 is 10.8 Å². The lowest BCUT2D eigenvalue weighted by Gasteiger charge is -1.78. The number of hydrogen-bond donors (Lipinski definition) is 2. The van der Waals surface area contributed by atoms with E-state index in [1.807, 2.05) is 0 Å². The number of fused-ring (bicyclic) bond motifs is 1. The largest absolute Gasteiger partial charge is 0.506 e. The quantitative estimate of drug-likeness (QED) is 0.638. The summed E-state index contributed by atoms with van der Waals surface area (Å²) in [6.07, 6.45) is 0. The first kappa shape index (κ1) is 6.00. The molecule has 3 N–H and O–H groups in total. The third-order valence-corrected chi connectivity index (χ3v) is 3.34. The molecule has 0 radical (unpaired) electrons. The highest BCUT2D eigenvalue weighted by atomic mass is 32.2. The molecule has 0 atom stereocenters. The molecule has 2 aromatic rings. The highest BCUT2D eigenvalue weighted by Gasteiger charge is 2.04. The minimum Gasteiger partial charge on any atom is -0.506 e. The molecule has 0 saturated heterocycles. The molecular formula is C6H5NOS2. The van der Waals surface area contributed by atoms with Gasteiger partial charge in [-0.15, -0.1) is 22.7 Å². The van der Waals surface area contributed by atoms with Crippen molar-refractivity contribution < 1.29 is 5.11 Å².